The molecule has 1 saturated heterocycles. The van der Waals surface area contributed by atoms with Gasteiger partial charge in [-0.1, -0.05) is 73.3 Å². The maximum Gasteiger partial charge on any atom is 0.233 e. The lowest BCUT2D eigenvalue weighted by atomic mass is 9.90. The molecule has 0 atom stereocenters. The van der Waals surface area contributed by atoms with Gasteiger partial charge in [-0.25, -0.2) is 4.98 Å². The minimum Gasteiger partial charge on any atom is -0.342 e. The van der Waals surface area contributed by atoms with Gasteiger partial charge in [-0.05, 0) is 42.7 Å². The molecule has 6 heteroatoms. The molecule has 4 rings (SSSR count). The molecule has 3 aromatic rings. The summed E-state index contributed by atoms with van der Waals surface area (Å²) in [5.74, 6) is 1.97. The Hall–Kier alpha value is -2.60. The number of likely N-dealkylation sites (tertiary alicyclic amines) is 1. The van der Waals surface area contributed by atoms with Crippen LogP contribution in [0, 0.1) is 5.92 Å². The predicted molar refractivity (Wildman–Crippen MR) is 121 cm³/mol. The van der Waals surface area contributed by atoms with Gasteiger partial charge < -0.3 is 4.90 Å². The number of aromatic nitrogens is 3. The fourth-order valence-corrected chi connectivity index (χ4v) is 4.59. The van der Waals surface area contributed by atoms with Crippen LogP contribution in [0.25, 0.3) is 11.4 Å². The molecule has 0 spiro atoms. The van der Waals surface area contributed by atoms with Gasteiger partial charge >= 0.3 is 0 Å². The maximum absolute atomic E-state index is 12.6. The van der Waals surface area contributed by atoms with Crippen molar-refractivity contribution in [2.75, 3.05) is 18.8 Å². The molecule has 1 fully saturated rings. The lowest BCUT2D eigenvalue weighted by Crippen LogP contribution is -2.39. The Morgan fingerprint density at radius 3 is 2.50 bits per heavy atom. The number of H-pyrrole nitrogens is 1. The Balaban J connectivity index is 1.24. The zero-order chi connectivity index (χ0) is 20.8. The standard InChI is InChI=1S/C24H28N4OS/c1-2-18-8-10-21(11-9-18)23-25-24(27-26-23)30-17-22(29)28-14-12-20(13-15-28)16-19-6-4-3-5-7-19/h3-11,20H,2,12-17H2,1H3,(H,25,26,27). The number of rotatable bonds is 7. The van der Waals surface area contributed by atoms with Crippen molar-refractivity contribution in [3.05, 3.63) is 65.7 Å². The number of thioether (sulfide) groups is 1. The van der Waals surface area contributed by atoms with Crippen LogP contribution in [-0.2, 0) is 17.6 Å². The molecule has 30 heavy (non-hydrogen) atoms. The molecule has 0 unspecified atom stereocenters. The van der Waals surface area contributed by atoms with Gasteiger partial charge in [0.2, 0.25) is 11.1 Å². The van der Waals surface area contributed by atoms with Crippen LogP contribution in [0.1, 0.15) is 30.9 Å². The van der Waals surface area contributed by atoms with E-state index in [0.29, 0.717) is 16.8 Å². The van der Waals surface area contributed by atoms with E-state index in [2.05, 4.69) is 76.7 Å². The maximum atomic E-state index is 12.6. The molecule has 1 aliphatic heterocycles. The third-order valence-electron chi connectivity index (χ3n) is 5.76. The van der Waals surface area contributed by atoms with Crippen LogP contribution in [0.3, 0.4) is 0 Å². The van der Waals surface area contributed by atoms with Gasteiger partial charge in [0.1, 0.15) is 0 Å². The first-order valence-electron chi connectivity index (χ1n) is 10.7. The normalized spacial score (nSPS) is 14.8. The number of aryl methyl sites for hydroxylation is 1. The van der Waals surface area contributed by atoms with Gasteiger partial charge in [-0.15, -0.1) is 5.10 Å². The molecule has 1 aromatic heterocycles. The van der Waals surface area contributed by atoms with Crippen LogP contribution in [-0.4, -0.2) is 44.8 Å². The smallest absolute Gasteiger partial charge is 0.233 e. The minimum atomic E-state index is 0.178. The number of carbonyl (C=O) groups excluding carboxylic acids is 1. The monoisotopic (exact) mass is 420 g/mol. The van der Waals surface area contributed by atoms with Gasteiger partial charge in [-0.3, -0.25) is 9.89 Å². The minimum absolute atomic E-state index is 0.178. The largest absolute Gasteiger partial charge is 0.342 e. The first-order valence-corrected chi connectivity index (χ1v) is 11.7. The summed E-state index contributed by atoms with van der Waals surface area (Å²) in [6, 6.07) is 19.0. The average Bonchev–Trinajstić information content (AvgIpc) is 3.28. The molecule has 2 aromatic carbocycles. The summed E-state index contributed by atoms with van der Waals surface area (Å²) in [7, 11) is 0. The van der Waals surface area contributed by atoms with E-state index in [1.165, 1.54) is 22.9 Å². The molecule has 1 aliphatic rings. The van der Waals surface area contributed by atoms with Crippen molar-refractivity contribution in [3.8, 4) is 11.4 Å². The summed E-state index contributed by atoms with van der Waals surface area (Å²) in [4.78, 5) is 19.2. The number of nitrogens with one attached hydrogen (secondary N) is 1. The molecule has 1 N–H and O–H groups in total. The molecule has 156 valence electrons. The van der Waals surface area contributed by atoms with Crippen LogP contribution < -0.4 is 0 Å². The second-order valence-corrected chi connectivity index (χ2v) is 8.76. The summed E-state index contributed by atoms with van der Waals surface area (Å²) in [6.07, 6.45) is 4.27. The third kappa shape index (κ3) is 5.30. The molecule has 0 bridgehead atoms. The highest BCUT2D eigenvalue weighted by molar-refractivity contribution is 7.99. The van der Waals surface area contributed by atoms with Gasteiger partial charge in [0.25, 0.3) is 0 Å². The van der Waals surface area contributed by atoms with Crippen molar-refractivity contribution in [2.45, 2.75) is 37.8 Å². The summed E-state index contributed by atoms with van der Waals surface area (Å²) < 4.78 is 0. The van der Waals surface area contributed by atoms with Crippen molar-refractivity contribution >= 4 is 17.7 Å². The first kappa shape index (κ1) is 20.7. The van der Waals surface area contributed by atoms with Crippen molar-refractivity contribution in [2.24, 2.45) is 5.92 Å². The van der Waals surface area contributed by atoms with Gasteiger partial charge in [0.05, 0.1) is 5.75 Å². The molecule has 0 saturated carbocycles. The van der Waals surface area contributed by atoms with E-state index in [1.807, 2.05) is 4.90 Å². The van der Waals surface area contributed by atoms with Crippen LogP contribution in [0.2, 0.25) is 0 Å². The van der Waals surface area contributed by atoms with Gasteiger partial charge in [0.15, 0.2) is 5.82 Å². The molecular weight excluding hydrogens is 392 g/mol. The van der Waals surface area contributed by atoms with Crippen molar-refractivity contribution in [1.82, 2.24) is 20.1 Å². The number of piperidine rings is 1. The predicted octanol–water partition coefficient (Wildman–Crippen LogP) is 4.61. The fraction of sp³-hybridized carbons (Fsp3) is 0.375. The highest BCUT2D eigenvalue weighted by Crippen LogP contribution is 2.24. The van der Waals surface area contributed by atoms with Crippen LogP contribution in [0.5, 0.6) is 0 Å². The van der Waals surface area contributed by atoms with E-state index < -0.39 is 0 Å². The number of hydrogen-bond donors (Lipinski definition) is 1. The Morgan fingerprint density at radius 1 is 1.07 bits per heavy atom. The third-order valence-corrected chi connectivity index (χ3v) is 6.59. The van der Waals surface area contributed by atoms with Crippen LogP contribution >= 0.6 is 11.8 Å². The highest BCUT2D eigenvalue weighted by Gasteiger charge is 2.23. The van der Waals surface area contributed by atoms with Gasteiger partial charge in [0, 0.05) is 18.7 Å². The van der Waals surface area contributed by atoms with E-state index in [4.69, 9.17) is 0 Å². The zero-order valence-electron chi connectivity index (χ0n) is 17.4. The quantitative estimate of drug-likeness (QED) is 0.567. The lowest BCUT2D eigenvalue weighted by molar-refractivity contribution is -0.129. The zero-order valence-corrected chi connectivity index (χ0v) is 18.2. The molecule has 5 nitrogen and oxygen atoms in total. The topological polar surface area (TPSA) is 61.9 Å². The molecule has 2 heterocycles. The Bertz CT molecular complexity index is 947. The Labute approximate surface area is 182 Å². The number of aromatic amines is 1. The van der Waals surface area contributed by atoms with Crippen molar-refractivity contribution in [3.63, 3.8) is 0 Å². The first-order chi connectivity index (χ1) is 14.7. The summed E-state index contributed by atoms with van der Waals surface area (Å²) in [6.45, 7) is 3.83. The Morgan fingerprint density at radius 2 is 1.80 bits per heavy atom. The van der Waals surface area contributed by atoms with Crippen LogP contribution in [0.15, 0.2) is 59.8 Å². The average molecular weight is 421 g/mol. The number of nitrogens with zero attached hydrogens (tertiary/aromatic N) is 3. The molecular formula is C24H28N4OS. The SMILES string of the molecule is CCc1ccc(-c2nc(SCC(=O)N3CCC(Cc4ccccc4)CC3)n[nH]2)cc1. The summed E-state index contributed by atoms with van der Waals surface area (Å²) >= 11 is 1.40. The number of carbonyl (C=O) groups is 1. The van der Waals surface area contributed by atoms with E-state index in [9.17, 15) is 4.79 Å². The van der Waals surface area contributed by atoms with Crippen molar-refractivity contribution in [1.29, 1.82) is 0 Å². The summed E-state index contributed by atoms with van der Waals surface area (Å²) in [5.41, 5.74) is 3.70. The van der Waals surface area contributed by atoms with E-state index in [1.54, 1.807) is 0 Å². The highest BCUT2D eigenvalue weighted by atomic mass is 32.2. The molecule has 0 aliphatic carbocycles. The van der Waals surface area contributed by atoms with Gasteiger partial charge in [-0.2, -0.15) is 0 Å². The molecule has 0 radical (unpaired) electrons. The summed E-state index contributed by atoms with van der Waals surface area (Å²) in [5, 5.41) is 7.87. The number of hydrogen-bond acceptors (Lipinski definition) is 4. The van der Waals surface area contributed by atoms with E-state index >= 15 is 0 Å². The second kappa shape index (κ2) is 9.94. The van der Waals surface area contributed by atoms with Crippen molar-refractivity contribution < 1.29 is 4.79 Å². The van der Waals surface area contributed by atoms with Crippen LogP contribution in [0.4, 0.5) is 0 Å². The van der Waals surface area contributed by atoms with E-state index in [0.717, 1.165) is 50.2 Å². The fourth-order valence-electron chi connectivity index (χ4n) is 3.89. The second-order valence-electron chi connectivity index (χ2n) is 7.82. The Kier molecular flexibility index (Phi) is 6.84. The number of benzene rings is 2. The molecule has 1 amide bonds. The lowest BCUT2D eigenvalue weighted by Gasteiger charge is -2.32. The number of amides is 1. The van der Waals surface area contributed by atoms with E-state index in [-0.39, 0.29) is 5.91 Å².